The molecule has 0 radical (unpaired) electrons. The van der Waals surface area contributed by atoms with Crippen LogP contribution < -0.4 is 0 Å². The summed E-state index contributed by atoms with van der Waals surface area (Å²) in [5, 5.41) is 13.0. The number of benzene rings is 6. The molecule has 1 N–H and O–H groups in total. The lowest BCUT2D eigenvalue weighted by molar-refractivity contribution is 0.446. The van der Waals surface area contributed by atoms with Crippen LogP contribution in [0.2, 0.25) is 0 Å². The third-order valence-corrected chi connectivity index (χ3v) is 11.7. The third kappa shape index (κ3) is 8.68. The van der Waals surface area contributed by atoms with Gasteiger partial charge in [0.25, 0.3) is 0 Å². The van der Waals surface area contributed by atoms with Crippen molar-refractivity contribution in [1.29, 1.82) is 0 Å². The normalized spacial score (nSPS) is 18.6. The van der Waals surface area contributed by atoms with Crippen molar-refractivity contribution in [3.05, 3.63) is 167 Å². The van der Waals surface area contributed by atoms with Crippen molar-refractivity contribution >= 4 is 11.0 Å². The smallest absolute Gasteiger partial charge is 0.149 e. The molecule has 8 rings (SSSR count). The number of fused-ring (bicyclic) bond motifs is 1. The van der Waals surface area contributed by atoms with Crippen molar-refractivity contribution in [2.75, 3.05) is 0 Å². The number of aromatic hydroxyl groups is 1. The summed E-state index contributed by atoms with van der Waals surface area (Å²) < 4.78 is 177. The highest BCUT2D eigenvalue weighted by molar-refractivity contribution is 5.97. The Balaban J connectivity index is 1.57. The number of hydrogen-bond donors (Lipinski definition) is 1. The van der Waals surface area contributed by atoms with E-state index in [4.69, 9.17) is 36.0 Å². The molecule has 0 atom stereocenters. The van der Waals surface area contributed by atoms with Gasteiger partial charge in [-0.2, -0.15) is 0 Å². The molecule has 8 aromatic rings. The minimum Gasteiger partial charge on any atom is -0.507 e. The lowest BCUT2D eigenvalue weighted by Crippen LogP contribution is -2.17. The fourth-order valence-corrected chi connectivity index (χ4v) is 8.16. The second kappa shape index (κ2) is 16.7. The molecule has 0 unspecified atom stereocenters. The van der Waals surface area contributed by atoms with E-state index in [2.05, 4.69) is 0 Å². The topological polar surface area (TPSA) is 50.9 Å². The van der Waals surface area contributed by atoms with Crippen LogP contribution in [0.15, 0.2) is 140 Å². The predicted octanol–water partition coefficient (Wildman–Crippen LogP) is 16.6. The van der Waals surface area contributed by atoms with Crippen molar-refractivity contribution < 1.29 is 32.5 Å². The van der Waals surface area contributed by atoms with Crippen LogP contribution in [0, 0.1) is 0 Å². The van der Waals surface area contributed by atoms with E-state index < -0.39 is 97.4 Å². The number of aromatic nitrogens is 3. The first kappa shape index (κ1) is 25.9. The number of para-hydroxylation sites is 1. The lowest BCUT2D eigenvalue weighted by atomic mass is 9.79. The first-order valence-electron chi connectivity index (χ1n) is 31.1. The van der Waals surface area contributed by atoms with Gasteiger partial charge in [0, 0.05) is 56.0 Å². The zero-order valence-electron chi connectivity index (χ0n) is 57.1. The summed E-state index contributed by atoms with van der Waals surface area (Å²) in [7, 11) is 0. The van der Waals surface area contributed by atoms with E-state index in [-0.39, 0.29) is 22.8 Å². The maximum atomic E-state index is 13.0. The summed E-state index contributed by atoms with van der Waals surface area (Å²) in [4.78, 5) is 9.95. The van der Waals surface area contributed by atoms with E-state index >= 15 is 0 Å². The highest BCUT2D eigenvalue weighted by Gasteiger charge is 2.29. The van der Waals surface area contributed by atoms with E-state index in [0.717, 1.165) is 27.8 Å². The van der Waals surface area contributed by atoms with Gasteiger partial charge in [-0.1, -0.05) is 175 Å². The summed E-state index contributed by atoms with van der Waals surface area (Å²) in [5.74, 6) is -4.03. The molecule has 4 nitrogen and oxygen atoms in total. The highest BCUT2D eigenvalue weighted by atomic mass is 16.3. The Hall–Kier alpha value is -6.26. The van der Waals surface area contributed by atoms with Crippen molar-refractivity contribution in [2.24, 2.45) is 0 Å². The molecule has 4 heteroatoms. The van der Waals surface area contributed by atoms with Gasteiger partial charge in [0.1, 0.15) is 11.6 Å². The molecule has 6 aromatic carbocycles. The minimum atomic E-state index is -4.16. The average Bonchev–Trinajstić information content (AvgIpc) is 0.834. The number of nitrogens with zero attached hydrogens (tertiary/aromatic N) is 3. The average molecular weight is 864 g/mol. The van der Waals surface area contributed by atoms with Crippen LogP contribution in [0.25, 0.3) is 72.7 Å². The molecular weight excluding hydrogens is 779 g/mol. The summed E-state index contributed by atoms with van der Waals surface area (Å²) in [6, 6.07) is 37.6. The van der Waals surface area contributed by atoms with Crippen LogP contribution in [0.4, 0.5) is 0 Å². The highest BCUT2D eigenvalue weighted by Crippen LogP contribution is 2.45. The van der Waals surface area contributed by atoms with Crippen molar-refractivity contribution in [3.63, 3.8) is 0 Å². The molecule has 0 saturated carbocycles. The van der Waals surface area contributed by atoms with Crippen LogP contribution in [0.3, 0.4) is 0 Å². The van der Waals surface area contributed by atoms with Crippen molar-refractivity contribution in [3.8, 4) is 67.5 Å². The molecule has 0 aliphatic carbocycles. The maximum absolute atomic E-state index is 13.0. The van der Waals surface area contributed by atoms with Gasteiger partial charge in [0.15, 0.2) is 0 Å². The van der Waals surface area contributed by atoms with Crippen molar-refractivity contribution in [1.82, 2.24) is 14.5 Å². The molecular formula is C60H65N3O. The Kier molecular flexibility index (Phi) is 6.76. The number of hydrogen-bond acceptors (Lipinski definition) is 3. The Morgan fingerprint density at radius 2 is 1.27 bits per heavy atom. The Morgan fingerprint density at radius 1 is 0.562 bits per heavy atom. The maximum Gasteiger partial charge on any atom is 0.149 e. The van der Waals surface area contributed by atoms with Gasteiger partial charge in [0.2, 0.25) is 0 Å². The number of pyridine rings is 1. The third-order valence-electron chi connectivity index (χ3n) is 11.7. The SMILES string of the molecule is [2H]C(C)(C)c1ccc(-c2ccnc(-c3cc(-c4cccc5c4nc(-c4cc(C(C([2H])([2H])[2H])(C([2H])([2H])[2H])C([2H])([2H])[2H])cc(C(C([2H])([2H])[2H])(C([2H])([2H])[2H])C([2H])([2H])[2H])c4O)n5-c4ccc(-c5ccccc5)c(C([2H])(C)C)c4)cc(C(C)(C)C)c3)c2)cc1. The molecule has 0 fully saturated rings. The molecule has 2 aromatic heterocycles. The van der Waals surface area contributed by atoms with E-state index in [0.29, 0.717) is 39.6 Å². The number of rotatable bonds is 8. The van der Waals surface area contributed by atoms with E-state index in [1.807, 2.05) is 120 Å². The van der Waals surface area contributed by atoms with Crippen LogP contribution >= 0.6 is 0 Å². The van der Waals surface area contributed by atoms with Gasteiger partial charge in [0.05, 0.1) is 22.3 Å². The zero-order valence-corrected chi connectivity index (χ0v) is 37.1. The van der Waals surface area contributed by atoms with Crippen LogP contribution in [-0.4, -0.2) is 19.6 Å². The Morgan fingerprint density at radius 3 is 1.94 bits per heavy atom. The molecule has 2 heterocycles. The molecule has 326 valence electrons. The molecule has 0 bridgehead atoms. The molecule has 0 aliphatic heterocycles. The molecule has 0 saturated heterocycles. The molecule has 0 spiro atoms. The largest absolute Gasteiger partial charge is 0.507 e. The Labute approximate surface area is 410 Å². The molecule has 0 amide bonds. The quantitative estimate of drug-likeness (QED) is 0.166. The summed E-state index contributed by atoms with van der Waals surface area (Å²) in [6.45, 7) is -11.7. The first-order chi connectivity index (χ1) is 38.3. The fourth-order valence-electron chi connectivity index (χ4n) is 8.16. The number of imidazole rings is 1. The van der Waals surface area contributed by atoms with E-state index in [1.165, 1.54) is 4.57 Å². The summed E-state index contributed by atoms with van der Waals surface area (Å²) >= 11 is 0. The number of phenolic OH excluding ortho intramolecular Hbond substituents is 1. The van der Waals surface area contributed by atoms with Gasteiger partial charge in [-0.3, -0.25) is 9.55 Å². The van der Waals surface area contributed by atoms with Crippen LogP contribution in [0.1, 0.15) is 157 Å². The summed E-state index contributed by atoms with van der Waals surface area (Å²) in [5.41, 5.74) is -4.24. The van der Waals surface area contributed by atoms with Gasteiger partial charge in [-0.05, 0) is 127 Å². The second-order valence-corrected chi connectivity index (χ2v) is 18.0. The Bertz CT molecular complexity index is 3700. The van der Waals surface area contributed by atoms with Crippen molar-refractivity contribution in [2.45, 2.75) is 118 Å². The predicted molar refractivity (Wildman–Crippen MR) is 272 cm³/mol. The fraction of sp³-hybridized carbons (Fsp3) is 0.300. The van der Waals surface area contributed by atoms with E-state index in [1.54, 1.807) is 56.4 Å². The van der Waals surface area contributed by atoms with Crippen LogP contribution in [0.5, 0.6) is 5.75 Å². The van der Waals surface area contributed by atoms with E-state index in [9.17, 15) is 6.48 Å². The zero-order chi connectivity index (χ0) is 62.7. The van der Waals surface area contributed by atoms with Gasteiger partial charge >= 0.3 is 0 Å². The second-order valence-electron chi connectivity index (χ2n) is 18.0. The number of phenols is 1. The summed E-state index contributed by atoms with van der Waals surface area (Å²) in [6.07, 6.45) is 1.69. The van der Waals surface area contributed by atoms with Gasteiger partial charge < -0.3 is 5.11 Å². The van der Waals surface area contributed by atoms with Gasteiger partial charge in [-0.15, -0.1) is 0 Å². The van der Waals surface area contributed by atoms with Crippen LogP contribution in [-0.2, 0) is 16.2 Å². The molecule has 0 aliphatic rings. The first-order valence-corrected chi connectivity index (χ1v) is 21.1. The molecule has 64 heavy (non-hydrogen) atoms. The monoisotopic (exact) mass is 864 g/mol. The minimum absolute atomic E-state index is 0.135. The van der Waals surface area contributed by atoms with Gasteiger partial charge in [-0.25, -0.2) is 4.98 Å². The standard InChI is InChI=1S/C60H65N3O/c1-37(2)39-22-24-40(25-23-39)42-28-29-61-53(33-42)44-30-43(31-45(32-44)58(5,6)7)49-20-17-21-54-55(49)62-57(51-34-46(59(8,9)10)35-52(56(51)64)60(11,12)13)63(54)47-26-27-48(50(36-47)38(3)4)41-18-15-14-16-19-41/h14-38,64H,1-13H3/i8D3,9D3,10D3,11D3,12D3,13D3,37D,38D. The lowest BCUT2D eigenvalue weighted by Gasteiger charge is -2.27.